The fraction of sp³-hybridized carbons (Fsp3) is 0.576. The number of hydrogen-bond donors (Lipinski definition) is 2. The predicted molar refractivity (Wildman–Crippen MR) is 174 cm³/mol. The number of anilines is 2. The first-order chi connectivity index (χ1) is 22.3. The minimum Gasteiger partial charge on any atom is -0.389 e. The number of hydrogen-bond acceptors (Lipinski definition) is 12. The van der Waals surface area contributed by atoms with E-state index in [9.17, 15) is 15.2 Å². The minimum absolute atomic E-state index is 0.0671. The molecule has 0 aromatic carbocycles. The van der Waals surface area contributed by atoms with E-state index in [4.69, 9.17) is 25.3 Å². The fourth-order valence-corrected chi connectivity index (χ4v) is 9.98. The van der Waals surface area contributed by atoms with Gasteiger partial charge in [0, 0.05) is 23.0 Å². The van der Waals surface area contributed by atoms with Gasteiger partial charge in [-0.15, -0.1) is 11.3 Å². The van der Waals surface area contributed by atoms with Gasteiger partial charge in [-0.25, -0.2) is 14.6 Å². The largest absolute Gasteiger partial charge is 0.389 e. The molecule has 2 aliphatic carbocycles. The standard InChI is InChI=1S/C33H39N9O3S/c1-19(23-8-5-13-40(23)2)42-31-22(16-36-42)30(41-14-6-10-32(44,17-41)18-43)37-29(38-31)26-20-7-3-11-33(27(20)45-39-26)12-4-9-24-25(33)21(15-34)28(35)46-24/h16,18-19,23,44H,3-14,17,35H2,1-2H3/t19-,23-,32-,33-/m0/s1. The number of thiophene rings is 1. The number of aldehydes is 1. The van der Waals surface area contributed by atoms with E-state index >= 15 is 0 Å². The first-order valence-electron chi connectivity index (χ1n) is 16.5. The number of nitrogens with two attached hydrogens (primary N) is 1. The number of aliphatic hydroxyl groups is 1. The van der Waals surface area contributed by atoms with Crippen molar-refractivity contribution in [2.45, 2.75) is 94.2 Å². The molecule has 4 aromatic heterocycles. The van der Waals surface area contributed by atoms with Crippen molar-refractivity contribution in [3.63, 3.8) is 0 Å². The van der Waals surface area contributed by atoms with E-state index in [1.165, 1.54) is 16.2 Å². The number of rotatable bonds is 5. The summed E-state index contributed by atoms with van der Waals surface area (Å²) in [5.74, 6) is 1.88. The lowest BCUT2D eigenvalue weighted by molar-refractivity contribution is -0.124. The average Bonchev–Trinajstić information content (AvgIpc) is 3.85. The van der Waals surface area contributed by atoms with Crippen LogP contribution in [0.25, 0.3) is 22.6 Å². The lowest BCUT2D eigenvalue weighted by Gasteiger charge is -2.39. The molecule has 2 fully saturated rings. The molecule has 2 saturated heterocycles. The van der Waals surface area contributed by atoms with Crippen LogP contribution < -0.4 is 10.6 Å². The molecule has 0 amide bonds. The maximum atomic E-state index is 11.9. The Bertz CT molecular complexity index is 1890. The van der Waals surface area contributed by atoms with Gasteiger partial charge >= 0.3 is 0 Å². The Morgan fingerprint density at radius 2 is 2.02 bits per heavy atom. The Morgan fingerprint density at radius 3 is 2.78 bits per heavy atom. The quantitative estimate of drug-likeness (QED) is 0.301. The second-order valence-electron chi connectivity index (χ2n) is 13.8. The summed E-state index contributed by atoms with van der Waals surface area (Å²) in [5, 5.41) is 32.0. The SMILES string of the molecule is C[C@@H]([C@@H]1CCCN1C)n1ncc2c(N3CCC[C@@](O)(C=O)C3)nc(-c3noc4c3CCC[C@@]43CCCc4sc(N)c(C#N)c43)nc21. The Morgan fingerprint density at radius 1 is 1.20 bits per heavy atom. The molecule has 46 heavy (non-hydrogen) atoms. The highest BCUT2D eigenvalue weighted by Crippen LogP contribution is 2.55. The van der Waals surface area contributed by atoms with Gasteiger partial charge in [-0.2, -0.15) is 10.4 Å². The molecule has 1 spiro atoms. The smallest absolute Gasteiger partial charge is 0.186 e. The summed E-state index contributed by atoms with van der Waals surface area (Å²) in [6.07, 6.45) is 11.1. The van der Waals surface area contributed by atoms with Crippen LogP contribution in [0, 0.1) is 11.3 Å². The van der Waals surface area contributed by atoms with Gasteiger partial charge in [0.25, 0.3) is 0 Å². The van der Waals surface area contributed by atoms with Gasteiger partial charge in [0.2, 0.25) is 0 Å². The lowest BCUT2D eigenvalue weighted by atomic mass is 9.63. The van der Waals surface area contributed by atoms with Crippen LogP contribution in [0.1, 0.15) is 91.7 Å². The summed E-state index contributed by atoms with van der Waals surface area (Å²) in [4.78, 5) is 27.7. The highest BCUT2D eigenvalue weighted by atomic mass is 32.1. The van der Waals surface area contributed by atoms with Crippen LogP contribution in [0.2, 0.25) is 0 Å². The van der Waals surface area contributed by atoms with Gasteiger partial charge in [0.05, 0.1) is 35.1 Å². The van der Waals surface area contributed by atoms with Crippen molar-refractivity contribution in [3.8, 4) is 17.6 Å². The number of nitrogens with zero attached hydrogens (tertiary/aromatic N) is 8. The van der Waals surface area contributed by atoms with Crippen LogP contribution in [0.3, 0.4) is 0 Å². The molecule has 4 aromatic rings. The monoisotopic (exact) mass is 641 g/mol. The van der Waals surface area contributed by atoms with Crippen molar-refractivity contribution in [3.05, 3.63) is 33.5 Å². The number of piperidine rings is 1. The van der Waals surface area contributed by atoms with Gasteiger partial charge in [-0.05, 0) is 90.3 Å². The molecule has 0 saturated carbocycles. The van der Waals surface area contributed by atoms with Crippen molar-refractivity contribution in [1.29, 1.82) is 5.26 Å². The molecule has 0 radical (unpaired) electrons. The highest BCUT2D eigenvalue weighted by molar-refractivity contribution is 7.16. The van der Waals surface area contributed by atoms with E-state index in [2.05, 4.69) is 30.1 Å². The summed E-state index contributed by atoms with van der Waals surface area (Å²) in [6.45, 7) is 4.03. The molecule has 0 bridgehead atoms. The molecule has 2 aliphatic heterocycles. The van der Waals surface area contributed by atoms with Gasteiger partial charge in [-0.1, -0.05) is 5.16 Å². The fourth-order valence-electron chi connectivity index (χ4n) is 8.82. The van der Waals surface area contributed by atoms with E-state index in [-0.39, 0.29) is 12.6 Å². The predicted octanol–water partition coefficient (Wildman–Crippen LogP) is 4.14. The second kappa shape index (κ2) is 10.9. The zero-order valence-electron chi connectivity index (χ0n) is 26.3. The molecular formula is C33H39N9O3S. The molecule has 240 valence electrons. The number of likely N-dealkylation sites (N-methyl/N-ethyl adjacent to an activating group) is 1. The molecule has 12 nitrogen and oxygen atoms in total. The van der Waals surface area contributed by atoms with E-state index in [1.54, 1.807) is 0 Å². The van der Waals surface area contributed by atoms with Crippen LogP contribution in [0.5, 0.6) is 0 Å². The van der Waals surface area contributed by atoms with Crippen LogP contribution in [0.4, 0.5) is 10.8 Å². The molecule has 4 aliphatic rings. The molecule has 0 unspecified atom stereocenters. The van der Waals surface area contributed by atoms with Crippen molar-refractivity contribution < 1.29 is 14.4 Å². The summed E-state index contributed by atoms with van der Waals surface area (Å²) in [6, 6.07) is 2.79. The Labute approximate surface area is 271 Å². The topological polar surface area (TPSA) is 163 Å². The van der Waals surface area contributed by atoms with Gasteiger partial charge in [0.15, 0.2) is 29.2 Å². The maximum absolute atomic E-state index is 11.9. The summed E-state index contributed by atoms with van der Waals surface area (Å²) >= 11 is 1.53. The summed E-state index contributed by atoms with van der Waals surface area (Å²) in [7, 11) is 2.16. The number of carbonyl (C=O) groups excluding carboxylic acids is 1. The van der Waals surface area contributed by atoms with Crippen LogP contribution in [-0.4, -0.2) is 79.5 Å². The third kappa shape index (κ3) is 4.33. The second-order valence-corrected chi connectivity index (χ2v) is 14.9. The number of likely N-dealkylation sites (tertiary alicyclic amines) is 1. The van der Waals surface area contributed by atoms with Gasteiger partial charge in [-0.3, -0.25) is 0 Å². The van der Waals surface area contributed by atoms with Crippen LogP contribution >= 0.6 is 11.3 Å². The van der Waals surface area contributed by atoms with Crippen molar-refractivity contribution in [1.82, 2.24) is 29.8 Å². The van der Waals surface area contributed by atoms with Crippen LogP contribution in [0.15, 0.2) is 10.7 Å². The van der Waals surface area contributed by atoms with E-state index < -0.39 is 11.0 Å². The van der Waals surface area contributed by atoms with Crippen LogP contribution in [-0.2, 0) is 23.1 Å². The molecular weight excluding hydrogens is 602 g/mol. The Hall–Kier alpha value is -3.86. The molecule has 4 atom stereocenters. The number of β-amino-alcohol motifs (C(OH)–C–C–N with tert-alkyl or cyclic N) is 1. The number of carbonyl (C=O) groups is 1. The van der Waals surface area contributed by atoms with E-state index in [0.717, 1.165) is 80.2 Å². The number of nitrogen functional groups attached to an aromatic ring is 1. The highest BCUT2D eigenvalue weighted by Gasteiger charge is 2.49. The Kier molecular flexibility index (Phi) is 6.97. The minimum atomic E-state index is -1.44. The maximum Gasteiger partial charge on any atom is 0.186 e. The average molecular weight is 642 g/mol. The zero-order chi connectivity index (χ0) is 31.8. The van der Waals surface area contributed by atoms with E-state index in [0.29, 0.717) is 65.3 Å². The summed E-state index contributed by atoms with van der Waals surface area (Å²) < 4.78 is 8.30. The van der Waals surface area contributed by atoms with Gasteiger partial charge in [0.1, 0.15) is 22.5 Å². The van der Waals surface area contributed by atoms with Crippen molar-refractivity contribution in [2.75, 3.05) is 37.3 Å². The zero-order valence-corrected chi connectivity index (χ0v) is 27.1. The number of fused-ring (bicyclic) bond motifs is 5. The molecule has 3 N–H and O–H groups in total. The van der Waals surface area contributed by atoms with Crippen molar-refractivity contribution >= 4 is 39.5 Å². The molecule has 8 rings (SSSR count). The Balaban J connectivity index is 1.30. The first kappa shape index (κ1) is 29.5. The number of nitriles is 1. The lowest BCUT2D eigenvalue weighted by Crippen LogP contribution is -2.49. The van der Waals surface area contributed by atoms with Gasteiger partial charge < -0.3 is 30.0 Å². The third-order valence-electron chi connectivity index (χ3n) is 11.0. The first-order valence-corrected chi connectivity index (χ1v) is 17.3. The number of aryl methyl sites for hydroxylation is 1. The normalized spacial score (nSPS) is 27.1. The molecule has 6 heterocycles. The molecule has 13 heteroatoms. The van der Waals surface area contributed by atoms with Crippen molar-refractivity contribution in [2.24, 2.45) is 0 Å². The third-order valence-corrected chi connectivity index (χ3v) is 12.1. The number of aromatic nitrogens is 5. The van der Waals surface area contributed by atoms with E-state index in [1.807, 2.05) is 15.8 Å². The summed E-state index contributed by atoms with van der Waals surface area (Å²) in [5.41, 5.74) is 8.37.